The van der Waals surface area contributed by atoms with Gasteiger partial charge in [0.1, 0.15) is 23.2 Å². The summed E-state index contributed by atoms with van der Waals surface area (Å²) in [5.74, 6) is -1.07. The Balaban J connectivity index is 2.27. The van der Waals surface area contributed by atoms with Crippen molar-refractivity contribution in [1.29, 1.82) is 0 Å². The van der Waals surface area contributed by atoms with Crippen molar-refractivity contribution in [3.05, 3.63) is 29.9 Å². The van der Waals surface area contributed by atoms with Crippen LogP contribution in [0, 0.1) is 0 Å². The molecule has 0 amide bonds. The van der Waals surface area contributed by atoms with Gasteiger partial charge in [0, 0.05) is 6.20 Å². The van der Waals surface area contributed by atoms with E-state index < -0.39 is 17.5 Å². The summed E-state index contributed by atoms with van der Waals surface area (Å²) < 4.78 is 10.0. The number of rotatable bonds is 1. The highest BCUT2D eigenvalue weighted by Crippen LogP contribution is 2.26. The summed E-state index contributed by atoms with van der Waals surface area (Å²) in [6, 6.07) is 0. The summed E-state index contributed by atoms with van der Waals surface area (Å²) in [6.07, 6.45) is 3.74. The maximum absolute atomic E-state index is 11.6. The molecule has 6 heteroatoms. The van der Waals surface area contributed by atoms with Gasteiger partial charge in [-0.25, -0.2) is 19.6 Å². The molecule has 0 bridgehead atoms. The number of carbonyl (C=O) groups excluding carboxylic acids is 2. The number of nitrogens with zero attached hydrogens (tertiary/aromatic N) is 2. The predicted molar refractivity (Wildman–Crippen MR) is 61.3 cm³/mol. The van der Waals surface area contributed by atoms with E-state index in [1.807, 2.05) is 0 Å². The van der Waals surface area contributed by atoms with E-state index in [0.29, 0.717) is 5.69 Å². The third kappa shape index (κ3) is 2.53. The number of aromatic nitrogens is 2. The van der Waals surface area contributed by atoms with Crippen molar-refractivity contribution in [3.8, 4) is 0 Å². The molecule has 0 fully saturated rings. The largest absolute Gasteiger partial charge is 0.457 e. The van der Waals surface area contributed by atoms with Crippen LogP contribution >= 0.6 is 0 Å². The van der Waals surface area contributed by atoms with Gasteiger partial charge in [0.2, 0.25) is 0 Å². The van der Waals surface area contributed by atoms with Gasteiger partial charge in [0.05, 0.1) is 6.08 Å². The van der Waals surface area contributed by atoms with Crippen LogP contribution in [0.25, 0.3) is 5.76 Å². The van der Waals surface area contributed by atoms with Crippen molar-refractivity contribution < 1.29 is 19.1 Å². The van der Waals surface area contributed by atoms with E-state index in [-0.39, 0.29) is 11.3 Å². The highest BCUT2D eigenvalue weighted by molar-refractivity contribution is 6.04. The van der Waals surface area contributed by atoms with Crippen molar-refractivity contribution in [1.82, 2.24) is 9.97 Å². The van der Waals surface area contributed by atoms with E-state index in [9.17, 15) is 9.59 Å². The van der Waals surface area contributed by atoms with Gasteiger partial charge in [-0.3, -0.25) is 0 Å². The Morgan fingerprint density at radius 3 is 2.83 bits per heavy atom. The van der Waals surface area contributed by atoms with E-state index in [2.05, 4.69) is 9.97 Å². The molecular formula is C12H12N2O4. The average Bonchev–Trinajstić information content (AvgIpc) is 2.54. The first-order valence-electron chi connectivity index (χ1n) is 5.34. The standard InChI is InChI=1S/C12H12N2O4/c1-12(2,3)18-9(15)4-8-10-7(11(16)17-8)5-13-6-14-10/h4-6H,1-3H3/b8-4-. The Morgan fingerprint density at radius 2 is 2.17 bits per heavy atom. The molecule has 1 aliphatic rings. The molecule has 6 nitrogen and oxygen atoms in total. The van der Waals surface area contributed by atoms with Gasteiger partial charge in [0.25, 0.3) is 0 Å². The molecule has 0 aliphatic carbocycles. The minimum atomic E-state index is -0.606. The lowest BCUT2D eigenvalue weighted by Gasteiger charge is -2.18. The Labute approximate surface area is 104 Å². The molecule has 18 heavy (non-hydrogen) atoms. The smallest absolute Gasteiger partial charge is 0.347 e. The van der Waals surface area contributed by atoms with Gasteiger partial charge >= 0.3 is 11.9 Å². The molecule has 0 aromatic carbocycles. The molecule has 0 N–H and O–H groups in total. The predicted octanol–water partition coefficient (Wildman–Crippen LogP) is 1.33. The SMILES string of the molecule is CC(C)(C)OC(=O)/C=C1\OC(=O)c2cncnc21. The molecule has 2 rings (SSSR count). The second-order valence-corrected chi connectivity index (χ2v) is 4.72. The fourth-order valence-electron chi connectivity index (χ4n) is 1.41. The van der Waals surface area contributed by atoms with E-state index in [0.717, 1.165) is 6.08 Å². The van der Waals surface area contributed by atoms with Gasteiger partial charge in [-0.2, -0.15) is 0 Å². The van der Waals surface area contributed by atoms with E-state index in [1.54, 1.807) is 20.8 Å². The number of hydrogen-bond donors (Lipinski definition) is 0. The normalized spacial score (nSPS) is 16.4. The zero-order valence-electron chi connectivity index (χ0n) is 10.3. The molecule has 0 spiro atoms. The second kappa shape index (κ2) is 4.21. The van der Waals surface area contributed by atoms with Crippen molar-refractivity contribution in [3.63, 3.8) is 0 Å². The maximum atomic E-state index is 11.6. The quantitative estimate of drug-likeness (QED) is 0.551. The van der Waals surface area contributed by atoms with Gasteiger partial charge in [-0.1, -0.05) is 0 Å². The molecule has 2 heterocycles. The van der Waals surface area contributed by atoms with Gasteiger partial charge in [-0.15, -0.1) is 0 Å². The van der Waals surface area contributed by atoms with E-state index >= 15 is 0 Å². The van der Waals surface area contributed by atoms with Gasteiger partial charge in [-0.05, 0) is 20.8 Å². The minimum absolute atomic E-state index is 0.0895. The Kier molecular flexibility index (Phi) is 2.86. The maximum Gasteiger partial charge on any atom is 0.347 e. The zero-order valence-corrected chi connectivity index (χ0v) is 10.3. The lowest BCUT2D eigenvalue weighted by atomic mass is 10.2. The van der Waals surface area contributed by atoms with Gasteiger partial charge < -0.3 is 9.47 Å². The van der Waals surface area contributed by atoms with Crippen molar-refractivity contribution >= 4 is 17.7 Å². The van der Waals surface area contributed by atoms with Crippen LogP contribution in [0.1, 0.15) is 36.8 Å². The summed E-state index contributed by atoms with van der Waals surface area (Å²) in [4.78, 5) is 30.7. The number of esters is 2. The first-order chi connectivity index (χ1) is 8.37. The van der Waals surface area contributed by atoms with Crippen molar-refractivity contribution in [2.24, 2.45) is 0 Å². The second-order valence-electron chi connectivity index (χ2n) is 4.72. The first-order valence-corrected chi connectivity index (χ1v) is 5.34. The molecule has 0 unspecified atom stereocenters. The molecule has 1 aromatic rings. The monoisotopic (exact) mass is 248 g/mol. The van der Waals surface area contributed by atoms with Crippen LogP contribution in [-0.4, -0.2) is 27.5 Å². The molecule has 0 radical (unpaired) electrons. The highest BCUT2D eigenvalue weighted by Gasteiger charge is 2.29. The highest BCUT2D eigenvalue weighted by atomic mass is 16.6. The molecular weight excluding hydrogens is 236 g/mol. The first kappa shape index (κ1) is 12.2. The Hall–Kier alpha value is -2.24. The van der Waals surface area contributed by atoms with Crippen LogP contribution < -0.4 is 0 Å². The lowest BCUT2D eigenvalue weighted by molar-refractivity contribution is -0.148. The number of cyclic esters (lactones) is 1. The van der Waals surface area contributed by atoms with E-state index in [4.69, 9.17) is 9.47 Å². The Bertz CT molecular complexity index is 543. The molecule has 94 valence electrons. The molecule has 0 saturated heterocycles. The van der Waals surface area contributed by atoms with Crippen LogP contribution in [0.15, 0.2) is 18.6 Å². The Morgan fingerprint density at radius 1 is 1.44 bits per heavy atom. The number of hydrogen-bond acceptors (Lipinski definition) is 6. The molecule has 0 atom stereocenters. The van der Waals surface area contributed by atoms with Crippen LogP contribution in [0.5, 0.6) is 0 Å². The average molecular weight is 248 g/mol. The van der Waals surface area contributed by atoms with Crippen LogP contribution in [-0.2, 0) is 14.3 Å². The van der Waals surface area contributed by atoms with Crippen LogP contribution in [0.2, 0.25) is 0 Å². The van der Waals surface area contributed by atoms with Crippen molar-refractivity contribution in [2.75, 3.05) is 0 Å². The fourth-order valence-corrected chi connectivity index (χ4v) is 1.41. The summed E-state index contributed by atoms with van der Waals surface area (Å²) in [6.45, 7) is 5.25. The molecule has 1 aliphatic heterocycles. The summed E-state index contributed by atoms with van der Waals surface area (Å²) >= 11 is 0. The lowest BCUT2D eigenvalue weighted by Crippen LogP contribution is -2.22. The fraction of sp³-hybridized carbons (Fsp3) is 0.333. The zero-order chi connectivity index (χ0) is 13.3. The van der Waals surface area contributed by atoms with Gasteiger partial charge in [0.15, 0.2) is 5.76 Å². The summed E-state index contributed by atoms with van der Waals surface area (Å²) in [5, 5.41) is 0. The number of fused-ring (bicyclic) bond motifs is 1. The third-order valence-electron chi connectivity index (χ3n) is 2.02. The third-order valence-corrected chi connectivity index (χ3v) is 2.02. The van der Waals surface area contributed by atoms with E-state index in [1.165, 1.54) is 12.5 Å². The summed E-state index contributed by atoms with van der Waals surface area (Å²) in [5.41, 5.74) is -0.0567. The minimum Gasteiger partial charge on any atom is -0.457 e. The van der Waals surface area contributed by atoms with Crippen molar-refractivity contribution in [2.45, 2.75) is 26.4 Å². The molecule has 0 saturated carbocycles. The number of ether oxygens (including phenoxy) is 2. The topological polar surface area (TPSA) is 78.4 Å². The number of carbonyl (C=O) groups is 2. The molecule has 1 aromatic heterocycles. The van der Waals surface area contributed by atoms with Crippen LogP contribution in [0.4, 0.5) is 0 Å². The summed E-state index contributed by atoms with van der Waals surface area (Å²) in [7, 11) is 0. The van der Waals surface area contributed by atoms with Crippen LogP contribution in [0.3, 0.4) is 0 Å².